The zero-order chi connectivity index (χ0) is 10.7. The fraction of sp³-hybridized carbons (Fsp3) is 0.0833. The van der Waals surface area contributed by atoms with Crippen molar-refractivity contribution in [3.63, 3.8) is 0 Å². The number of hydrogen-bond donors (Lipinski definition) is 0. The number of terminal acetylenes is 1. The first-order valence-electron chi connectivity index (χ1n) is 4.51. The minimum absolute atomic E-state index is 0.508. The van der Waals surface area contributed by atoms with Gasteiger partial charge >= 0.3 is 0 Å². The lowest BCUT2D eigenvalue weighted by Crippen LogP contribution is -1.93. The molecule has 2 rings (SSSR count). The summed E-state index contributed by atoms with van der Waals surface area (Å²) in [5, 5.41) is 4.17. The van der Waals surface area contributed by atoms with Crippen LogP contribution in [0.1, 0.15) is 0 Å². The Morgan fingerprint density at radius 2 is 2.27 bits per heavy atom. The molecule has 0 aliphatic rings. The second-order valence-electron chi connectivity index (χ2n) is 3.14. The van der Waals surface area contributed by atoms with Crippen molar-refractivity contribution < 1.29 is 0 Å². The Morgan fingerprint density at radius 3 is 3.00 bits per heavy atom. The van der Waals surface area contributed by atoms with Gasteiger partial charge in [-0.3, -0.25) is 4.68 Å². The van der Waals surface area contributed by atoms with E-state index in [0.717, 1.165) is 15.6 Å². The van der Waals surface area contributed by atoms with Crippen LogP contribution in [0.25, 0.3) is 11.1 Å². The third-order valence-electron chi connectivity index (χ3n) is 2.04. The van der Waals surface area contributed by atoms with E-state index in [1.165, 1.54) is 0 Å². The summed E-state index contributed by atoms with van der Waals surface area (Å²) < 4.78 is 2.81. The zero-order valence-electron chi connectivity index (χ0n) is 8.02. The van der Waals surface area contributed by atoms with Crippen molar-refractivity contribution >= 4 is 15.9 Å². The first kappa shape index (κ1) is 10.0. The van der Waals surface area contributed by atoms with Crippen LogP contribution in [0.2, 0.25) is 0 Å². The van der Waals surface area contributed by atoms with Gasteiger partial charge in [-0.05, 0) is 17.7 Å². The standard InChI is InChI=1S/C12H9BrN2/c1-2-6-15-9-11(8-14-15)10-4-3-5-12(13)7-10/h1,3-5,7-9H,6H2. The van der Waals surface area contributed by atoms with Crippen LogP contribution in [-0.4, -0.2) is 9.78 Å². The monoisotopic (exact) mass is 260 g/mol. The van der Waals surface area contributed by atoms with Crippen LogP contribution in [0, 0.1) is 12.3 Å². The molecule has 0 unspecified atom stereocenters. The van der Waals surface area contributed by atoms with E-state index in [9.17, 15) is 0 Å². The Kier molecular flexibility index (Phi) is 2.89. The van der Waals surface area contributed by atoms with Crippen molar-refractivity contribution in [2.24, 2.45) is 0 Å². The number of rotatable bonds is 2. The fourth-order valence-corrected chi connectivity index (χ4v) is 1.76. The second kappa shape index (κ2) is 4.33. The van der Waals surface area contributed by atoms with Crippen molar-refractivity contribution in [3.8, 4) is 23.5 Å². The van der Waals surface area contributed by atoms with E-state index in [-0.39, 0.29) is 0 Å². The molecule has 0 spiro atoms. The molecule has 74 valence electrons. The highest BCUT2D eigenvalue weighted by molar-refractivity contribution is 9.10. The topological polar surface area (TPSA) is 17.8 Å². The predicted octanol–water partition coefficient (Wildman–Crippen LogP) is 2.95. The molecule has 0 atom stereocenters. The van der Waals surface area contributed by atoms with Gasteiger partial charge in [0.2, 0.25) is 0 Å². The van der Waals surface area contributed by atoms with E-state index >= 15 is 0 Å². The summed E-state index contributed by atoms with van der Waals surface area (Å²) >= 11 is 3.44. The molecular weight excluding hydrogens is 252 g/mol. The highest BCUT2D eigenvalue weighted by Crippen LogP contribution is 2.22. The van der Waals surface area contributed by atoms with Crippen molar-refractivity contribution in [3.05, 3.63) is 41.1 Å². The average Bonchev–Trinajstić information content (AvgIpc) is 2.67. The van der Waals surface area contributed by atoms with Crippen LogP contribution in [0.15, 0.2) is 41.1 Å². The molecule has 2 aromatic rings. The third-order valence-corrected chi connectivity index (χ3v) is 2.54. The van der Waals surface area contributed by atoms with Crippen molar-refractivity contribution in [1.82, 2.24) is 9.78 Å². The van der Waals surface area contributed by atoms with E-state index < -0.39 is 0 Å². The van der Waals surface area contributed by atoms with Crippen molar-refractivity contribution in [2.75, 3.05) is 0 Å². The van der Waals surface area contributed by atoms with Gasteiger partial charge < -0.3 is 0 Å². The SMILES string of the molecule is C#CCn1cc(-c2cccc(Br)c2)cn1. The van der Waals surface area contributed by atoms with E-state index in [1.807, 2.05) is 30.6 Å². The van der Waals surface area contributed by atoms with Gasteiger partial charge in [0, 0.05) is 16.2 Å². The van der Waals surface area contributed by atoms with Crippen molar-refractivity contribution in [1.29, 1.82) is 0 Å². The third kappa shape index (κ3) is 2.28. The van der Waals surface area contributed by atoms with E-state index in [1.54, 1.807) is 4.68 Å². The van der Waals surface area contributed by atoms with Gasteiger partial charge in [0.25, 0.3) is 0 Å². The maximum absolute atomic E-state index is 5.21. The lowest BCUT2D eigenvalue weighted by Gasteiger charge is -1.97. The molecule has 0 amide bonds. The molecule has 1 aromatic heterocycles. The number of hydrogen-bond acceptors (Lipinski definition) is 1. The first-order valence-corrected chi connectivity index (χ1v) is 5.31. The van der Waals surface area contributed by atoms with Crippen LogP contribution in [-0.2, 0) is 6.54 Å². The molecule has 0 aliphatic carbocycles. The van der Waals surface area contributed by atoms with Gasteiger partial charge in [-0.1, -0.05) is 34.0 Å². The zero-order valence-corrected chi connectivity index (χ0v) is 9.61. The van der Waals surface area contributed by atoms with E-state index in [4.69, 9.17) is 6.42 Å². The number of halogens is 1. The Hall–Kier alpha value is -1.53. The highest BCUT2D eigenvalue weighted by atomic mass is 79.9. The number of benzene rings is 1. The second-order valence-corrected chi connectivity index (χ2v) is 4.06. The Labute approximate surface area is 97.1 Å². The molecule has 2 nitrogen and oxygen atoms in total. The molecule has 3 heteroatoms. The maximum Gasteiger partial charge on any atom is 0.101 e. The summed E-state index contributed by atoms with van der Waals surface area (Å²) in [6, 6.07) is 8.09. The predicted molar refractivity (Wildman–Crippen MR) is 64.2 cm³/mol. The molecule has 0 radical (unpaired) electrons. The van der Waals surface area contributed by atoms with Crippen LogP contribution in [0.3, 0.4) is 0 Å². The molecular formula is C12H9BrN2. The number of aromatic nitrogens is 2. The molecule has 1 aromatic carbocycles. The molecule has 0 aliphatic heterocycles. The number of nitrogens with zero attached hydrogens (tertiary/aromatic N) is 2. The Balaban J connectivity index is 2.34. The van der Waals surface area contributed by atoms with Crippen molar-refractivity contribution in [2.45, 2.75) is 6.54 Å². The fourth-order valence-electron chi connectivity index (χ4n) is 1.36. The van der Waals surface area contributed by atoms with Gasteiger partial charge in [-0.25, -0.2) is 0 Å². The largest absolute Gasteiger partial charge is 0.260 e. The lowest BCUT2D eigenvalue weighted by atomic mass is 10.1. The molecule has 15 heavy (non-hydrogen) atoms. The molecule has 1 heterocycles. The quantitative estimate of drug-likeness (QED) is 0.760. The molecule has 0 N–H and O–H groups in total. The Morgan fingerprint density at radius 1 is 1.40 bits per heavy atom. The van der Waals surface area contributed by atoms with Gasteiger partial charge in [0.05, 0.1) is 6.20 Å². The highest BCUT2D eigenvalue weighted by Gasteiger charge is 2.01. The summed E-state index contributed by atoms with van der Waals surface area (Å²) in [7, 11) is 0. The van der Waals surface area contributed by atoms with Crippen LogP contribution >= 0.6 is 15.9 Å². The lowest BCUT2D eigenvalue weighted by molar-refractivity contribution is 0.716. The van der Waals surface area contributed by atoms with E-state index in [0.29, 0.717) is 6.54 Å². The van der Waals surface area contributed by atoms with Crippen LogP contribution in [0.5, 0.6) is 0 Å². The first-order chi connectivity index (χ1) is 7.29. The summed E-state index contributed by atoms with van der Waals surface area (Å²) in [6.07, 6.45) is 8.98. The minimum atomic E-state index is 0.508. The smallest absolute Gasteiger partial charge is 0.101 e. The molecule has 0 bridgehead atoms. The molecule has 0 saturated heterocycles. The minimum Gasteiger partial charge on any atom is -0.260 e. The van der Waals surface area contributed by atoms with E-state index in [2.05, 4.69) is 33.0 Å². The summed E-state index contributed by atoms with van der Waals surface area (Å²) in [4.78, 5) is 0. The summed E-state index contributed by atoms with van der Waals surface area (Å²) in [6.45, 7) is 0.508. The maximum atomic E-state index is 5.21. The van der Waals surface area contributed by atoms with Gasteiger partial charge in [-0.15, -0.1) is 6.42 Å². The van der Waals surface area contributed by atoms with Crippen LogP contribution < -0.4 is 0 Å². The summed E-state index contributed by atoms with van der Waals surface area (Å²) in [5.74, 6) is 2.55. The average molecular weight is 261 g/mol. The molecule has 0 saturated carbocycles. The molecule has 0 fully saturated rings. The van der Waals surface area contributed by atoms with Gasteiger partial charge in [0.1, 0.15) is 6.54 Å². The Bertz CT molecular complexity index is 508. The van der Waals surface area contributed by atoms with Gasteiger partial charge in [-0.2, -0.15) is 5.10 Å². The normalized spacial score (nSPS) is 9.87. The summed E-state index contributed by atoms with van der Waals surface area (Å²) in [5.41, 5.74) is 2.21. The van der Waals surface area contributed by atoms with Gasteiger partial charge in [0.15, 0.2) is 0 Å². The van der Waals surface area contributed by atoms with Crippen LogP contribution in [0.4, 0.5) is 0 Å².